The Morgan fingerprint density at radius 1 is 1.11 bits per heavy atom. The topological polar surface area (TPSA) is 127 Å². The zero-order chi connectivity index (χ0) is 19.0. The van der Waals surface area contributed by atoms with Gasteiger partial charge in [0.1, 0.15) is 11.5 Å². The number of hydrogen-bond donors (Lipinski definition) is 5. The highest BCUT2D eigenvalue weighted by atomic mass is 16.3. The first-order chi connectivity index (χ1) is 13.0. The van der Waals surface area contributed by atoms with E-state index in [0.29, 0.717) is 28.2 Å². The number of H-pyrrole nitrogens is 1. The average molecular weight is 359 g/mol. The molecule has 1 aliphatic heterocycles. The first-order valence-corrected chi connectivity index (χ1v) is 8.34. The Hall–Kier alpha value is -3.87. The van der Waals surface area contributed by atoms with Gasteiger partial charge in [0.25, 0.3) is 0 Å². The van der Waals surface area contributed by atoms with Gasteiger partial charge in [-0.05, 0) is 35.4 Å². The summed E-state index contributed by atoms with van der Waals surface area (Å²) >= 11 is 0. The van der Waals surface area contributed by atoms with Crippen molar-refractivity contribution in [2.45, 2.75) is 5.92 Å². The number of guanidine groups is 1. The van der Waals surface area contributed by atoms with Crippen LogP contribution in [0.15, 0.2) is 65.8 Å². The second kappa shape index (κ2) is 6.45. The molecule has 0 spiro atoms. The van der Waals surface area contributed by atoms with Crippen molar-refractivity contribution in [3.05, 3.63) is 83.2 Å². The van der Waals surface area contributed by atoms with E-state index >= 15 is 0 Å². The molecule has 0 fully saturated rings. The van der Waals surface area contributed by atoms with Crippen molar-refractivity contribution >= 4 is 23.3 Å². The number of amides is 1. The Balaban J connectivity index is 1.97. The fourth-order valence-corrected chi connectivity index (χ4v) is 3.34. The highest BCUT2D eigenvalue weighted by Gasteiger charge is 2.31. The number of rotatable bonds is 1. The van der Waals surface area contributed by atoms with Gasteiger partial charge in [0.05, 0.1) is 17.3 Å². The number of aromatic nitrogens is 1. The molecule has 134 valence electrons. The predicted octanol–water partition coefficient (Wildman–Crippen LogP) is 2.54. The number of aliphatic imine (C=N–C) groups is 1. The molecule has 4 rings (SSSR count). The van der Waals surface area contributed by atoms with Gasteiger partial charge in [-0.25, -0.2) is 4.99 Å². The molecule has 1 unspecified atom stereocenters. The minimum atomic E-state index is -0.614. The lowest BCUT2D eigenvalue weighted by Gasteiger charge is -2.23. The number of nitrogens with zero attached hydrogens (tertiary/aromatic N) is 1. The number of fused-ring (bicyclic) bond motifs is 2. The van der Waals surface area contributed by atoms with Crippen LogP contribution in [0.25, 0.3) is 0 Å². The van der Waals surface area contributed by atoms with Gasteiger partial charge >= 0.3 is 0 Å². The van der Waals surface area contributed by atoms with Crippen molar-refractivity contribution in [3.63, 3.8) is 0 Å². The molecule has 3 aromatic rings. The van der Waals surface area contributed by atoms with Gasteiger partial charge < -0.3 is 21.1 Å². The lowest BCUT2D eigenvalue weighted by atomic mass is 9.86. The number of aromatic amines is 1. The molecule has 6 N–H and O–H groups in total. The summed E-state index contributed by atoms with van der Waals surface area (Å²) in [6.45, 7) is 0. The van der Waals surface area contributed by atoms with Crippen molar-refractivity contribution in [2.75, 3.05) is 5.32 Å². The summed E-state index contributed by atoms with van der Waals surface area (Å²) in [5, 5.41) is 20.2. The normalized spacial score (nSPS) is 17.4. The molecular formula is C20H17N5O2. The van der Waals surface area contributed by atoms with Crippen LogP contribution in [0.1, 0.15) is 28.3 Å². The molecule has 1 atom stereocenters. The van der Waals surface area contributed by atoms with Crippen LogP contribution >= 0.6 is 0 Å². The molecule has 2 heterocycles. The maximum absolute atomic E-state index is 13.1. The zero-order valence-corrected chi connectivity index (χ0v) is 14.2. The minimum absolute atomic E-state index is 0.128. The second-order valence-corrected chi connectivity index (χ2v) is 6.21. The number of para-hydroxylation sites is 1. The van der Waals surface area contributed by atoms with Gasteiger partial charge in [-0.15, -0.1) is 0 Å². The molecular weight excluding hydrogens is 342 g/mol. The number of nitrogens with one attached hydrogen (secondary N) is 3. The van der Waals surface area contributed by atoms with Gasteiger partial charge in [-0.1, -0.05) is 30.3 Å². The van der Waals surface area contributed by atoms with Crippen molar-refractivity contribution in [1.82, 2.24) is 4.98 Å². The van der Waals surface area contributed by atoms with Crippen LogP contribution in [-0.4, -0.2) is 27.7 Å². The fraction of sp³-hybridized carbons (Fsp3) is 0.0500. The minimum Gasteiger partial charge on any atom is -0.508 e. The Kier molecular flexibility index (Phi) is 3.97. The van der Waals surface area contributed by atoms with E-state index in [1.807, 2.05) is 24.3 Å². The molecule has 0 aliphatic carbocycles. The van der Waals surface area contributed by atoms with Gasteiger partial charge in [0.15, 0.2) is 0 Å². The zero-order valence-electron chi connectivity index (χ0n) is 14.2. The first-order valence-electron chi connectivity index (χ1n) is 8.34. The molecule has 0 saturated heterocycles. The van der Waals surface area contributed by atoms with Crippen LogP contribution in [0.5, 0.6) is 5.75 Å². The van der Waals surface area contributed by atoms with Crippen LogP contribution in [0, 0.1) is 5.41 Å². The number of phenols is 1. The molecule has 0 saturated carbocycles. The van der Waals surface area contributed by atoms with E-state index in [2.05, 4.69) is 15.3 Å². The smallest absolute Gasteiger partial charge is 0.236 e. The third kappa shape index (κ3) is 2.95. The number of nitrogens with two attached hydrogens (primary N) is 1. The summed E-state index contributed by atoms with van der Waals surface area (Å²) in [6.07, 6.45) is 1.73. The second-order valence-electron chi connectivity index (χ2n) is 6.21. The van der Waals surface area contributed by atoms with Crippen LogP contribution in [-0.2, 0) is 4.79 Å². The quantitative estimate of drug-likeness (QED) is 0.338. The molecule has 1 amide bonds. The summed E-state index contributed by atoms with van der Waals surface area (Å²) < 4.78 is 0. The Morgan fingerprint density at radius 2 is 1.85 bits per heavy atom. The molecule has 1 aromatic heterocycles. The highest BCUT2D eigenvalue weighted by Crippen LogP contribution is 2.34. The molecule has 7 nitrogen and oxygen atoms in total. The van der Waals surface area contributed by atoms with Gasteiger partial charge in [-0.3, -0.25) is 10.2 Å². The van der Waals surface area contributed by atoms with E-state index in [1.54, 1.807) is 36.5 Å². The average Bonchev–Trinajstić information content (AvgIpc) is 3.10. The van der Waals surface area contributed by atoms with E-state index in [4.69, 9.17) is 11.1 Å². The summed E-state index contributed by atoms with van der Waals surface area (Å²) in [5.74, 6) is -1.01. The lowest BCUT2D eigenvalue weighted by Crippen LogP contribution is -2.28. The molecule has 27 heavy (non-hydrogen) atoms. The third-order valence-corrected chi connectivity index (χ3v) is 4.49. The van der Waals surface area contributed by atoms with Gasteiger partial charge in [0.2, 0.25) is 11.9 Å². The monoisotopic (exact) mass is 359 g/mol. The summed E-state index contributed by atoms with van der Waals surface area (Å²) in [4.78, 5) is 20.5. The number of aromatic hydroxyl groups is 1. The van der Waals surface area contributed by atoms with Gasteiger partial charge in [0, 0.05) is 11.8 Å². The van der Waals surface area contributed by atoms with Crippen molar-refractivity contribution in [2.24, 2.45) is 10.7 Å². The number of hydrogen-bond acceptors (Lipinski definition) is 3. The third-order valence-electron chi connectivity index (χ3n) is 4.49. The van der Waals surface area contributed by atoms with E-state index < -0.39 is 5.92 Å². The van der Waals surface area contributed by atoms with Crippen LogP contribution in [0.3, 0.4) is 0 Å². The van der Waals surface area contributed by atoms with E-state index in [0.717, 1.165) is 5.56 Å². The van der Waals surface area contributed by atoms with Crippen LogP contribution < -0.4 is 11.1 Å². The van der Waals surface area contributed by atoms with Gasteiger partial charge in [-0.2, -0.15) is 0 Å². The Labute approximate surface area is 155 Å². The number of benzene rings is 2. The fourth-order valence-electron chi connectivity index (χ4n) is 3.34. The highest BCUT2D eigenvalue weighted by molar-refractivity contribution is 6.22. The van der Waals surface area contributed by atoms with E-state index in [-0.39, 0.29) is 17.6 Å². The first kappa shape index (κ1) is 16.6. The molecule has 2 aromatic carbocycles. The van der Waals surface area contributed by atoms with Crippen molar-refractivity contribution in [1.29, 1.82) is 5.41 Å². The molecule has 1 aliphatic rings. The largest absolute Gasteiger partial charge is 0.508 e. The number of carbonyl (C=O) groups excluding carboxylic acids is 1. The standard InChI is InChI=1S/C20H17N5O2/c21-20(22)25-18-13-3-1-2-4-15(13)24-19(27)16(14-9-10-23-17(14)18)11-5-7-12(26)8-6-11/h1-10,16,23,26H,(H3,21,22)(H,24,27)/b25-18-. The maximum Gasteiger partial charge on any atom is 0.236 e. The van der Waals surface area contributed by atoms with E-state index in [1.165, 1.54) is 0 Å². The Bertz CT molecular complexity index is 1070. The molecule has 0 radical (unpaired) electrons. The van der Waals surface area contributed by atoms with Crippen molar-refractivity contribution in [3.8, 4) is 5.75 Å². The SMILES string of the molecule is N=C(N)/N=C1/c2ccccc2NC(=O)C(c2ccc(O)cc2)c2cc[nH]c21. The summed E-state index contributed by atoms with van der Waals surface area (Å²) in [7, 11) is 0. The summed E-state index contributed by atoms with van der Waals surface area (Å²) in [6, 6.07) is 15.6. The maximum atomic E-state index is 13.1. The van der Waals surface area contributed by atoms with Crippen LogP contribution in [0.4, 0.5) is 5.69 Å². The lowest BCUT2D eigenvalue weighted by molar-refractivity contribution is -0.116. The van der Waals surface area contributed by atoms with Crippen LogP contribution in [0.2, 0.25) is 0 Å². The number of carbonyl (C=O) groups is 1. The number of phenolic OH excluding ortho intramolecular Hbond substituents is 1. The Morgan fingerprint density at radius 3 is 2.59 bits per heavy atom. The van der Waals surface area contributed by atoms with E-state index in [9.17, 15) is 9.90 Å². The number of anilines is 1. The summed E-state index contributed by atoms with van der Waals surface area (Å²) in [5.41, 5.74) is 9.38. The molecule has 0 bridgehead atoms. The molecule has 7 heteroatoms. The predicted molar refractivity (Wildman–Crippen MR) is 103 cm³/mol. The van der Waals surface area contributed by atoms with Crippen molar-refractivity contribution < 1.29 is 9.90 Å².